The fourth-order valence-corrected chi connectivity index (χ4v) is 3.15. The zero-order chi connectivity index (χ0) is 20.2. The molecule has 0 radical (unpaired) electrons. The van der Waals surface area contributed by atoms with Gasteiger partial charge in [0, 0.05) is 17.8 Å². The monoisotopic (exact) mass is 390 g/mol. The minimum atomic E-state index is -0.382. The van der Waals surface area contributed by atoms with Crippen LogP contribution in [0.2, 0.25) is 0 Å². The summed E-state index contributed by atoms with van der Waals surface area (Å²) in [6.07, 6.45) is -0.382. The lowest BCUT2D eigenvalue weighted by atomic mass is 10.1. The number of methoxy groups -OCH3 is 1. The molecule has 1 aliphatic rings. The van der Waals surface area contributed by atoms with Crippen molar-refractivity contribution in [3.8, 4) is 11.5 Å². The number of ether oxygens (including phenoxy) is 1. The second kappa shape index (κ2) is 8.12. The minimum Gasteiger partial charge on any atom is -0.497 e. The van der Waals surface area contributed by atoms with Crippen molar-refractivity contribution in [3.05, 3.63) is 83.9 Å². The number of nitrogens with zero attached hydrogens (tertiary/aromatic N) is 1. The summed E-state index contributed by atoms with van der Waals surface area (Å²) in [6.45, 7) is 0.367. The van der Waals surface area contributed by atoms with Crippen LogP contribution < -0.4 is 31.0 Å². The molecule has 29 heavy (non-hydrogen) atoms. The highest BCUT2D eigenvalue weighted by Gasteiger charge is 2.29. The Balaban J connectivity index is 1.37. The molecule has 4 rings (SSSR count). The number of hydrogen-bond acceptors (Lipinski definition) is 5. The predicted octanol–water partition coefficient (Wildman–Crippen LogP) is 3.79. The quantitative estimate of drug-likeness (QED) is 0.617. The lowest BCUT2D eigenvalue weighted by Crippen LogP contribution is -2.32. The Hall–Kier alpha value is -3.71. The molecule has 1 aliphatic heterocycles. The second-order valence-corrected chi connectivity index (χ2v) is 6.61. The van der Waals surface area contributed by atoms with Gasteiger partial charge in [-0.25, -0.2) is 4.79 Å². The molecular formula is C22H22N4O3. The Labute approximate surface area is 169 Å². The number of hydroxylamine groups is 1. The lowest BCUT2D eigenvalue weighted by Gasteiger charge is -2.22. The number of para-hydroxylation sites is 1. The van der Waals surface area contributed by atoms with E-state index in [0.29, 0.717) is 12.2 Å². The maximum absolute atomic E-state index is 12.2. The molecule has 0 saturated carbocycles. The third-order valence-corrected chi connectivity index (χ3v) is 4.65. The van der Waals surface area contributed by atoms with Crippen LogP contribution in [0.4, 0.5) is 16.2 Å². The van der Waals surface area contributed by atoms with Crippen molar-refractivity contribution < 1.29 is 14.4 Å². The zero-order valence-corrected chi connectivity index (χ0v) is 16.0. The van der Waals surface area contributed by atoms with Gasteiger partial charge in [0.15, 0.2) is 5.75 Å². The van der Waals surface area contributed by atoms with Crippen molar-refractivity contribution >= 4 is 17.4 Å². The van der Waals surface area contributed by atoms with Crippen LogP contribution in [0, 0.1) is 0 Å². The van der Waals surface area contributed by atoms with E-state index in [1.54, 1.807) is 36.4 Å². The summed E-state index contributed by atoms with van der Waals surface area (Å²) in [5, 5.41) is 7.31. The van der Waals surface area contributed by atoms with Crippen LogP contribution in [-0.2, 0) is 6.54 Å². The Morgan fingerprint density at radius 2 is 1.90 bits per heavy atom. The highest BCUT2D eigenvalue weighted by Crippen LogP contribution is 2.37. The molecular weight excluding hydrogens is 368 g/mol. The second-order valence-electron chi connectivity index (χ2n) is 6.61. The molecule has 0 spiro atoms. The van der Waals surface area contributed by atoms with E-state index >= 15 is 0 Å². The zero-order valence-electron chi connectivity index (χ0n) is 16.0. The summed E-state index contributed by atoms with van der Waals surface area (Å²) in [7, 11) is 1.60. The van der Waals surface area contributed by atoms with Gasteiger partial charge in [0.25, 0.3) is 0 Å². The molecule has 1 heterocycles. The van der Waals surface area contributed by atoms with E-state index < -0.39 is 0 Å². The molecule has 148 valence electrons. The molecule has 4 N–H and O–H groups in total. The van der Waals surface area contributed by atoms with Crippen molar-refractivity contribution in [2.24, 2.45) is 5.73 Å². The van der Waals surface area contributed by atoms with Crippen molar-refractivity contribution in [3.63, 3.8) is 0 Å². The molecule has 2 amide bonds. The van der Waals surface area contributed by atoms with Gasteiger partial charge in [-0.05, 0) is 48.0 Å². The number of nitrogens with one attached hydrogen (secondary N) is 2. The Morgan fingerprint density at radius 3 is 2.66 bits per heavy atom. The number of carbonyl (C=O) groups excluding carboxylic acids is 1. The van der Waals surface area contributed by atoms with Gasteiger partial charge in [0.2, 0.25) is 0 Å². The molecule has 0 saturated heterocycles. The van der Waals surface area contributed by atoms with E-state index in [2.05, 4.69) is 10.6 Å². The first-order chi connectivity index (χ1) is 14.1. The average molecular weight is 390 g/mol. The van der Waals surface area contributed by atoms with Gasteiger partial charge in [-0.3, -0.25) is 0 Å². The number of anilines is 2. The number of carbonyl (C=O) groups is 1. The van der Waals surface area contributed by atoms with Crippen molar-refractivity contribution in [2.45, 2.75) is 12.7 Å². The summed E-state index contributed by atoms with van der Waals surface area (Å²) in [6, 6.07) is 22.3. The van der Waals surface area contributed by atoms with Crippen LogP contribution >= 0.6 is 0 Å². The summed E-state index contributed by atoms with van der Waals surface area (Å²) in [5.41, 5.74) is 9.69. The van der Waals surface area contributed by atoms with Gasteiger partial charge in [-0.15, -0.1) is 0 Å². The molecule has 3 aromatic rings. The summed E-state index contributed by atoms with van der Waals surface area (Å²) < 4.78 is 5.11. The average Bonchev–Trinajstić information content (AvgIpc) is 3.10. The van der Waals surface area contributed by atoms with Crippen molar-refractivity contribution in [1.82, 2.24) is 5.32 Å². The van der Waals surface area contributed by atoms with Crippen LogP contribution in [0.25, 0.3) is 0 Å². The number of hydrogen-bond donors (Lipinski definition) is 3. The maximum Gasteiger partial charge on any atom is 0.319 e. The van der Waals surface area contributed by atoms with Crippen LogP contribution in [0.1, 0.15) is 17.3 Å². The number of fused-ring (bicyclic) bond motifs is 1. The van der Waals surface area contributed by atoms with E-state index in [4.69, 9.17) is 15.3 Å². The topological polar surface area (TPSA) is 88.8 Å². The summed E-state index contributed by atoms with van der Waals surface area (Å²) in [5.74, 6) is 1.49. The standard InChI is InChI=1S/C22H22N4O3/c1-28-18-11-9-16(10-12-18)25-22(27)24-14-15-5-4-6-17(13-15)26-21(23)19-7-2-3-8-20(19)29-26/h2-13,21H,14,23H2,1H3,(H2,24,25,27). The lowest BCUT2D eigenvalue weighted by molar-refractivity contribution is 0.251. The first-order valence-electron chi connectivity index (χ1n) is 9.23. The predicted molar refractivity (Wildman–Crippen MR) is 112 cm³/mol. The smallest absolute Gasteiger partial charge is 0.319 e. The van der Waals surface area contributed by atoms with Gasteiger partial charge >= 0.3 is 6.03 Å². The molecule has 7 nitrogen and oxygen atoms in total. The normalized spacial score (nSPS) is 14.7. The van der Waals surface area contributed by atoms with Gasteiger partial charge < -0.3 is 25.9 Å². The molecule has 1 unspecified atom stereocenters. The molecule has 1 atom stereocenters. The number of benzene rings is 3. The molecule has 3 aromatic carbocycles. The van der Waals surface area contributed by atoms with Crippen LogP contribution in [0.5, 0.6) is 11.5 Å². The van der Waals surface area contributed by atoms with E-state index in [-0.39, 0.29) is 12.2 Å². The van der Waals surface area contributed by atoms with Crippen LogP contribution in [0.15, 0.2) is 72.8 Å². The van der Waals surface area contributed by atoms with E-state index in [0.717, 1.165) is 28.3 Å². The Bertz CT molecular complexity index is 1010. The van der Waals surface area contributed by atoms with Gasteiger partial charge in [0.1, 0.15) is 11.9 Å². The number of nitrogens with two attached hydrogens (primary N) is 1. The van der Waals surface area contributed by atoms with Crippen molar-refractivity contribution in [1.29, 1.82) is 0 Å². The Kier molecular flexibility index (Phi) is 5.22. The molecule has 7 heteroatoms. The largest absolute Gasteiger partial charge is 0.497 e. The Morgan fingerprint density at radius 1 is 1.10 bits per heavy atom. The molecule has 0 aromatic heterocycles. The van der Waals surface area contributed by atoms with E-state index in [9.17, 15) is 4.79 Å². The fourth-order valence-electron chi connectivity index (χ4n) is 3.15. The number of amides is 2. The van der Waals surface area contributed by atoms with E-state index in [1.165, 1.54) is 0 Å². The minimum absolute atomic E-state index is 0.290. The van der Waals surface area contributed by atoms with Gasteiger partial charge in [-0.1, -0.05) is 30.3 Å². The third kappa shape index (κ3) is 4.09. The SMILES string of the molecule is COc1ccc(NC(=O)NCc2cccc(N3Oc4ccccc4C3N)c2)cc1. The van der Waals surface area contributed by atoms with E-state index in [1.807, 2.05) is 48.5 Å². The van der Waals surface area contributed by atoms with Crippen LogP contribution in [-0.4, -0.2) is 13.1 Å². The van der Waals surface area contributed by atoms with Crippen LogP contribution in [0.3, 0.4) is 0 Å². The summed E-state index contributed by atoms with van der Waals surface area (Å²) >= 11 is 0. The number of urea groups is 1. The fraction of sp³-hybridized carbons (Fsp3) is 0.136. The first kappa shape index (κ1) is 18.6. The summed E-state index contributed by atoms with van der Waals surface area (Å²) in [4.78, 5) is 18.1. The van der Waals surface area contributed by atoms with Crippen molar-refractivity contribution in [2.75, 3.05) is 17.5 Å². The van der Waals surface area contributed by atoms with Gasteiger partial charge in [0.05, 0.1) is 12.8 Å². The highest BCUT2D eigenvalue weighted by molar-refractivity contribution is 5.89. The number of rotatable bonds is 5. The first-order valence-corrected chi connectivity index (χ1v) is 9.23. The third-order valence-electron chi connectivity index (χ3n) is 4.65. The van der Waals surface area contributed by atoms with Gasteiger partial charge in [-0.2, -0.15) is 5.06 Å². The maximum atomic E-state index is 12.2. The molecule has 0 bridgehead atoms. The molecule has 0 fully saturated rings. The molecule has 0 aliphatic carbocycles. The highest BCUT2D eigenvalue weighted by atomic mass is 16.7.